The Labute approximate surface area is 178 Å². The Kier molecular flexibility index (Phi) is 5.37. The maximum absolute atomic E-state index is 10.5. The van der Waals surface area contributed by atoms with Gasteiger partial charge in [-0.05, 0) is 56.8 Å². The monoisotopic (exact) mass is 437 g/mol. The Morgan fingerprint density at radius 2 is 1.81 bits per heavy atom. The van der Waals surface area contributed by atoms with Crippen molar-refractivity contribution in [2.45, 2.75) is 61.6 Å². The van der Waals surface area contributed by atoms with Crippen molar-refractivity contribution in [2.75, 3.05) is 13.6 Å². The molecule has 4 aliphatic rings. The standard InChI is InChI=1S/C17H21NO3.C4H6O6/c1-18-7-6-17-10-3-5-13(20)16(17)21-15-12(19)4-2-9(14(15)17)8-11(10)18;5-1(3(7)8)2(6)4(9)10/h2,4,10-11,13,16,19-20H,3,5-8H2,1H3;1-2,5-6H,(H,7,8)(H,9,10)/t10-,11+,13-,16-,17-;/m0./s1. The first-order valence-corrected chi connectivity index (χ1v) is 10.3. The van der Waals surface area contributed by atoms with E-state index in [1.165, 1.54) is 11.1 Å². The molecule has 1 saturated carbocycles. The second-order valence-corrected chi connectivity index (χ2v) is 8.85. The number of rotatable bonds is 3. The molecule has 0 aromatic heterocycles. The minimum Gasteiger partial charge on any atom is -0.504 e. The van der Waals surface area contributed by atoms with Gasteiger partial charge in [0, 0.05) is 17.0 Å². The number of hydrogen-bond acceptors (Lipinski definition) is 8. The number of carboxylic acids is 2. The fraction of sp³-hybridized carbons (Fsp3) is 0.619. The predicted molar refractivity (Wildman–Crippen MR) is 105 cm³/mol. The number of likely N-dealkylation sites (N-methyl/N-ethyl adjacent to an activating group) is 1. The van der Waals surface area contributed by atoms with Gasteiger partial charge in [0.05, 0.1) is 6.10 Å². The number of phenolic OH excluding ortho intramolecular Hbond substituents is 1. The third-order valence-corrected chi connectivity index (χ3v) is 7.37. The molecule has 2 fully saturated rings. The van der Waals surface area contributed by atoms with Gasteiger partial charge < -0.3 is 40.3 Å². The fourth-order valence-corrected chi connectivity index (χ4v) is 5.98. The average molecular weight is 437 g/mol. The van der Waals surface area contributed by atoms with Crippen molar-refractivity contribution in [3.05, 3.63) is 23.3 Å². The summed E-state index contributed by atoms with van der Waals surface area (Å²) < 4.78 is 6.14. The number of aromatic hydroxyl groups is 1. The van der Waals surface area contributed by atoms with Crippen LogP contribution in [0.4, 0.5) is 0 Å². The Morgan fingerprint density at radius 1 is 1.16 bits per heavy atom. The molecule has 1 aromatic rings. The van der Waals surface area contributed by atoms with Crippen molar-refractivity contribution < 1.29 is 45.0 Å². The first-order valence-electron chi connectivity index (χ1n) is 10.3. The molecule has 6 N–H and O–H groups in total. The lowest BCUT2D eigenvalue weighted by molar-refractivity contribution is -0.165. The predicted octanol–water partition coefficient (Wildman–Crippen LogP) is -0.700. The van der Waals surface area contributed by atoms with Gasteiger partial charge in [0.15, 0.2) is 23.7 Å². The molecule has 1 aromatic carbocycles. The van der Waals surface area contributed by atoms with E-state index >= 15 is 0 Å². The summed E-state index contributed by atoms with van der Waals surface area (Å²) >= 11 is 0. The largest absolute Gasteiger partial charge is 0.504 e. The zero-order chi connectivity index (χ0) is 22.7. The summed E-state index contributed by atoms with van der Waals surface area (Å²) in [6.07, 6.45) is -1.18. The van der Waals surface area contributed by atoms with E-state index in [9.17, 15) is 19.8 Å². The van der Waals surface area contributed by atoms with Crippen LogP contribution in [0.1, 0.15) is 30.4 Å². The third kappa shape index (κ3) is 3.16. The maximum Gasteiger partial charge on any atom is 0.335 e. The Hall–Kier alpha value is -2.40. The molecule has 2 unspecified atom stereocenters. The van der Waals surface area contributed by atoms with Crippen LogP contribution in [0.25, 0.3) is 0 Å². The molecule has 1 saturated heterocycles. The van der Waals surface area contributed by atoms with Crippen molar-refractivity contribution >= 4 is 11.9 Å². The van der Waals surface area contributed by atoms with E-state index in [-0.39, 0.29) is 17.3 Å². The number of nitrogens with zero attached hydrogens (tertiary/aromatic N) is 1. The zero-order valence-electron chi connectivity index (χ0n) is 17.0. The normalized spacial score (nSPS) is 34.5. The van der Waals surface area contributed by atoms with Crippen LogP contribution in [0.15, 0.2) is 12.1 Å². The Bertz CT molecular complexity index is 887. The van der Waals surface area contributed by atoms with Gasteiger partial charge >= 0.3 is 11.9 Å². The lowest BCUT2D eigenvalue weighted by Gasteiger charge is -2.58. The van der Waals surface area contributed by atoms with Crippen molar-refractivity contribution in [1.29, 1.82) is 0 Å². The van der Waals surface area contributed by atoms with Gasteiger partial charge in [-0.15, -0.1) is 0 Å². The molecular weight excluding hydrogens is 410 g/mol. The van der Waals surface area contributed by atoms with Crippen molar-refractivity contribution in [2.24, 2.45) is 5.92 Å². The molecule has 31 heavy (non-hydrogen) atoms. The summed E-state index contributed by atoms with van der Waals surface area (Å²) in [6.45, 7) is 1.04. The summed E-state index contributed by atoms with van der Waals surface area (Å²) in [5.41, 5.74) is 2.46. The first-order chi connectivity index (χ1) is 14.6. The first kappa shape index (κ1) is 21.8. The van der Waals surface area contributed by atoms with E-state index in [2.05, 4.69) is 18.0 Å². The van der Waals surface area contributed by atoms with Crippen molar-refractivity contribution in [3.8, 4) is 11.5 Å². The second-order valence-electron chi connectivity index (χ2n) is 8.85. The van der Waals surface area contributed by atoms with Crippen LogP contribution in [0.2, 0.25) is 0 Å². The minimum absolute atomic E-state index is 0.0729. The number of carbonyl (C=O) groups is 2. The Balaban J connectivity index is 0.000000199. The summed E-state index contributed by atoms with van der Waals surface area (Å²) in [5, 5.41) is 53.3. The van der Waals surface area contributed by atoms with Crippen LogP contribution in [-0.4, -0.2) is 91.5 Å². The summed E-state index contributed by atoms with van der Waals surface area (Å²) in [7, 11) is 2.22. The van der Waals surface area contributed by atoms with Crippen LogP contribution >= 0.6 is 0 Å². The molecular formula is C21H27NO9. The quantitative estimate of drug-likeness (QED) is 0.356. The van der Waals surface area contributed by atoms with E-state index in [1.807, 2.05) is 0 Å². The molecule has 2 aliphatic heterocycles. The van der Waals surface area contributed by atoms with Crippen LogP contribution in [0.3, 0.4) is 0 Å². The van der Waals surface area contributed by atoms with Crippen molar-refractivity contribution in [3.63, 3.8) is 0 Å². The smallest absolute Gasteiger partial charge is 0.335 e. The molecule has 10 nitrogen and oxygen atoms in total. The van der Waals surface area contributed by atoms with Gasteiger partial charge in [0.1, 0.15) is 6.10 Å². The molecule has 2 bridgehead atoms. The van der Waals surface area contributed by atoms with Gasteiger partial charge in [0.25, 0.3) is 0 Å². The molecule has 7 atom stereocenters. The molecule has 1 spiro atoms. The van der Waals surface area contributed by atoms with Gasteiger partial charge in [0.2, 0.25) is 0 Å². The van der Waals surface area contributed by atoms with Crippen LogP contribution < -0.4 is 4.74 Å². The molecule has 5 rings (SSSR count). The van der Waals surface area contributed by atoms with Gasteiger partial charge in [-0.2, -0.15) is 0 Å². The number of carboxylic acid groups (broad SMARTS) is 2. The third-order valence-electron chi connectivity index (χ3n) is 7.37. The highest BCUT2D eigenvalue weighted by Crippen LogP contribution is 2.63. The SMILES string of the molecule is CN1CC[C@]23c4c5ccc(O)c4O[C@H]2[C@@H](O)CC[C@H]3[C@H]1C5.O=C(O)C(O)C(O)C(=O)O. The highest BCUT2D eigenvalue weighted by molar-refractivity contribution is 5.83. The van der Waals surface area contributed by atoms with Crippen LogP contribution in [-0.2, 0) is 21.4 Å². The fourth-order valence-electron chi connectivity index (χ4n) is 5.98. The second kappa shape index (κ2) is 7.63. The van der Waals surface area contributed by atoms with Gasteiger partial charge in [-0.25, -0.2) is 9.59 Å². The molecule has 0 amide bonds. The number of phenols is 1. The number of piperidine rings is 1. The summed E-state index contributed by atoms with van der Waals surface area (Å²) in [4.78, 5) is 22.0. The van der Waals surface area contributed by atoms with Crippen molar-refractivity contribution in [1.82, 2.24) is 4.90 Å². The number of aliphatic hydroxyl groups is 3. The number of aliphatic carboxylic acids is 2. The molecule has 10 heteroatoms. The molecule has 0 radical (unpaired) electrons. The van der Waals surface area contributed by atoms with E-state index in [0.29, 0.717) is 17.7 Å². The lowest BCUT2D eigenvalue weighted by atomic mass is 9.51. The highest BCUT2D eigenvalue weighted by Gasteiger charge is 2.65. The average Bonchev–Trinajstić information content (AvgIpc) is 3.09. The Morgan fingerprint density at radius 3 is 2.42 bits per heavy atom. The van der Waals surface area contributed by atoms with E-state index in [4.69, 9.17) is 25.2 Å². The van der Waals surface area contributed by atoms with Gasteiger partial charge in [-0.1, -0.05) is 6.07 Å². The van der Waals surface area contributed by atoms with Crippen LogP contribution in [0, 0.1) is 5.92 Å². The van der Waals surface area contributed by atoms with Crippen LogP contribution in [0.5, 0.6) is 11.5 Å². The number of aliphatic hydroxyl groups excluding tert-OH is 3. The maximum atomic E-state index is 10.5. The molecule has 2 heterocycles. The van der Waals surface area contributed by atoms with E-state index < -0.39 is 30.3 Å². The number of ether oxygens (including phenoxy) is 1. The minimum atomic E-state index is -2.27. The number of hydrogen-bond donors (Lipinski definition) is 6. The molecule has 170 valence electrons. The van der Waals surface area contributed by atoms with E-state index in [0.717, 1.165) is 32.2 Å². The number of likely N-dealkylation sites (tertiary alicyclic amines) is 1. The topological polar surface area (TPSA) is 168 Å². The summed E-state index contributed by atoms with van der Waals surface area (Å²) in [5.74, 6) is -2.10. The van der Waals surface area contributed by atoms with Gasteiger partial charge in [-0.3, -0.25) is 0 Å². The summed E-state index contributed by atoms with van der Waals surface area (Å²) in [6, 6.07) is 4.36. The molecule has 2 aliphatic carbocycles. The highest BCUT2D eigenvalue weighted by atomic mass is 16.5. The lowest BCUT2D eigenvalue weighted by Crippen LogP contribution is -2.66. The zero-order valence-corrected chi connectivity index (χ0v) is 17.0. The van der Waals surface area contributed by atoms with E-state index in [1.54, 1.807) is 6.07 Å². The number of benzene rings is 1.